The SMILES string of the molecule is O=C(O)C(CC=CCCCCC1=CC=C2CCCNC2N1)NS(=O)(=O)c1ccccc1. The second-order valence-electron chi connectivity index (χ2n) is 7.85. The first-order chi connectivity index (χ1) is 15.0. The van der Waals surface area contributed by atoms with E-state index >= 15 is 0 Å². The first-order valence-corrected chi connectivity index (χ1v) is 12.3. The van der Waals surface area contributed by atoms with Crippen molar-refractivity contribution in [2.45, 2.75) is 62.0 Å². The van der Waals surface area contributed by atoms with Gasteiger partial charge >= 0.3 is 5.97 Å². The molecule has 0 saturated carbocycles. The molecular weight excluding hydrogens is 414 g/mol. The summed E-state index contributed by atoms with van der Waals surface area (Å²) in [6.45, 7) is 1.05. The summed E-state index contributed by atoms with van der Waals surface area (Å²) < 4.78 is 27.0. The minimum atomic E-state index is -3.86. The molecule has 1 fully saturated rings. The molecular formula is C23H31N3O4S. The number of carboxylic acid groups (broad SMARTS) is 1. The summed E-state index contributed by atoms with van der Waals surface area (Å²) in [4.78, 5) is 11.5. The van der Waals surface area contributed by atoms with Crippen LogP contribution in [0.1, 0.15) is 44.9 Å². The van der Waals surface area contributed by atoms with Crippen LogP contribution in [0, 0.1) is 0 Å². The third-order valence-electron chi connectivity index (χ3n) is 5.44. The van der Waals surface area contributed by atoms with Crippen LogP contribution < -0.4 is 15.4 Å². The molecule has 0 bridgehead atoms. The molecule has 2 heterocycles. The minimum absolute atomic E-state index is 0.0567. The summed E-state index contributed by atoms with van der Waals surface area (Å²) in [5.41, 5.74) is 2.67. The lowest BCUT2D eigenvalue weighted by Crippen LogP contribution is -2.47. The molecule has 0 aliphatic carbocycles. The Kier molecular flexibility index (Phi) is 8.45. The first-order valence-electron chi connectivity index (χ1n) is 10.8. The van der Waals surface area contributed by atoms with Gasteiger partial charge in [0.25, 0.3) is 0 Å². The minimum Gasteiger partial charge on any atom is -0.480 e. The van der Waals surface area contributed by atoms with Gasteiger partial charge in [-0.25, -0.2) is 8.42 Å². The Morgan fingerprint density at radius 3 is 2.77 bits per heavy atom. The zero-order valence-corrected chi connectivity index (χ0v) is 18.4. The molecule has 31 heavy (non-hydrogen) atoms. The van der Waals surface area contributed by atoms with Gasteiger partial charge in [-0.05, 0) is 75.3 Å². The van der Waals surface area contributed by atoms with Crippen molar-refractivity contribution in [3.63, 3.8) is 0 Å². The van der Waals surface area contributed by atoms with Crippen molar-refractivity contribution in [1.82, 2.24) is 15.4 Å². The lowest BCUT2D eigenvalue weighted by Gasteiger charge is -2.32. The average molecular weight is 446 g/mol. The van der Waals surface area contributed by atoms with Gasteiger partial charge in [0.2, 0.25) is 10.0 Å². The zero-order valence-electron chi connectivity index (χ0n) is 17.6. The highest BCUT2D eigenvalue weighted by atomic mass is 32.2. The molecule has 0 spiro atoms. The Labute approximate surface area is 184 Å². The van der Waals surface area contributed by atoms with E-state index < -0.39 is 22.0 Å². The third-order valence-corrected chi connectivity index (χ3v) is 6.93. The van der Waals surface area contributed by atoms with Crippen molar-refractivity contribution in [2.75, 3.05) is 6.54 Å². The van der Waals surface area contributed by atoms with Gasteiger partial charge in [0, 0.05) is 5.70 Å². The number of carbonyl (C=O) groups is 1. The molecule has 2 aliphatic heterocycles. The van der Waals surface area contributed by atoms with E-state index in [1.165, 1.54) is 29.8 Å². The normalized spacial score (nSPS) is 19.8. The number of piperidine rings is 1. The summed E-state index contributed by atoms with van der Waals surface area (Å²) in [6.07, 6.45) is 14.6. The van der Waals surface area contributed by atoms with Crippen molar-refractivity contribution >= 4 is 16.0 Å². The summed E-state index contributed by atoms with van der Waals surface area (Å²) in [6, 6.07) is 6.59. The standard InChI is InChI=1S/C23H31N3O4S/c27-23(28)21(26-31(29,30)20-12-6-4-7-13-20)14-8-3-1-2-5-11-19-16-15-18-10-9-17-24-22(18)25-19/h3-4,6-8,12-13,15-16,21-22,24-26H,1-2,5,9-11,14,17H2,(H,27,28). The number of unbranched alkanes of at least 4 members (excludes halogenated alkanes) is 2. The van der Waals surface area contributed by atoms with E-state index in [1.54, 1.807) is 24.3 Å². The van der Waals surface area contributed by atoms with Crippen LogP contribution in [-0.4, -0.2) is 38.2 Å². The Hall–Kier alpha value is -2.42. The number of sulfonamides is 1. The van der Waals surface area contributed by atoms with Crippen molar-refractivity contribution in [1.29, 1.82) is 0 Å². The van der Waals surface area contributed by atoms with Gasteiger partial charge < -0.3 is 10.4 Å². The molecule has 7 nitrogen and oxygen atoms in total. The second kappa shape index (κ2) is 11.3. The predicted octanol–water partition coefficient (Wildman–Crippen LogP) is 3.05. The number of rotatable bonds is 11. The summed E-state index contributed by atoms with van der Waals surface area (Å²) in [5.74, 6) is -1.19. The maximum atomic E-state index is 12.3. The van der Waals surface area contributed by atoms with E-state index in [0.717, 1.165) is 38.6 Å². The molecule has 0 aromatic heterocycles. The van der Waals surface area contributed by atoms with Gasteiger partial charge in [-0.2, -0.15) is 4.72 Å². The van der Waals surface area contributed by atoms with E-state index in [0.29, 0.717) is 0 Å². The molecule has 0 amide bonds. The molecule has 2 atom stereocenters. The molecule has 2 aliphatic rings. The quantitative estimate of drug-likeness (QED) is 0.308. The van der Waals surface area contributed by atoms with Gasteiger partial charge in [0.1, 0.15) is 6.04 Å². The first kappa shape index (κ1) is 23.2. The van der Waals surface area contributed by atoms with Crippen LogP contribution in [0.5, 0.6) is 0 Å². The maximum Gasteiger partial charge on any atom is 0.322 e. The lowest BCUT2D eigenvalue weighted by atomic mass is 9.98. The van der Waals surface area contributed by atoms with Crippen LogP contribution in [0.15, 0.2) is 70.8 Å². The van der Waals surface area contributed by atoms with Crippen LogP contribution in [0.25, 0.3) is 0 Å². The number of aliphatic carboxylic acids is 1. The van der Waals surface area contributed by atoms with Gasteiger partial charge in [-0.1, -0.05) is 36.4 Å². The van der Waals surface area contributed by atoms with Gasteiger partial charge in [0.15, 0.2) is 0 Å². The fraction of sp³-hybridized carbons (Fsp3) is 0.435. The third kappa shape index (κ3) is 7.05. The Morgan fingerprint density at radius 2 is 2.00 bits per heavy atom. The smallest absolute Gasteiger partial charge is 0.322 e. The number of carboxylic acids is 1. The number of hydrogen-bond acceptors (Lipinski definition) is 5. The van der Waals surface area contributed by atoms with Crippen LogP contribution in [0.3, 0.4) is 0 Å². The monoisotopic (exact) mass is 445 g/mol. The van der Waals surface area contributed by atoms with Crippen LogP contribution in [-0.2, 0) is 14.8 Å². The summed E-state index contributed by atoms with van der Waals surface area (Å²) >= 11 is 0. The van der Waals surface area contributed by atoms with Crippen molar-refractivity contribution in [3.8, 4) is 0 Å². The Balaban J connectivity index is 1.38. The van der Waals surface area contributed by atoms with Crippen molar-refractivity contribution in [2.24, 2.45) is 0 Å². The number of nitrogens with one attached hydrogen (secondary N) is 3. The molecule has 168 valence electrons. The molecule has 8 heteroatoms. The average Bonchev–Trinajstić information content (AvgIpc) is 2.78. The van der Waals surface area contributed by atoms with Crippen LogP contribution >= 0.6 is 0 Å². The van der Waals surface area contributed by atoms with Gasteiger partial charge in [-0.3, -0.25) is 10.1 Å². The van der Waals surface area contributed by atoms with E-state index in [1.807, 2.05) is 6.08 Å². The summed E-state index contributed by atoms with van der Waals surface area (Å²) in [7, 11) is -3.86. The van der Waals surface area contributed by atoms with Crippen LogP contribution in [0.4, 0.5) is 0 Å². The number of allylic oxidation sites excluding steroid dienone is 4. The van der Waals surface area contributed by atoms with Crippen molar-refractivity contribution < 1.29 is 18.3 Å². The molecule has 1 saturated heterocycles. The van der Waals surface area contributed by atoms with Gasteiger partial charge in [0.05, 0.1) is 11.1 Å². The maximum absolute atomic E-state index is 12.3. The highest BCUT2D eigenvalue weighted by Gasteiger charge is 2.24. The predicted molar refractivity (Wildman–Crippen MR) is 121 cm³/mol. The molecule has 1 aromatic rings. The number of benzene rings is 1. The van der Waals surface area contributed by atoms with Gasteiger partial charge in [-0.15, -0.1) is 0 Å². The lowest BCUT2D eigenvalue weighted by molar-refractivity contribution is -0.138. The van der Waals surface area contributed by atoms with Crippen LogP contribution in [0.2, 0.25) is 0 Å². The van der Waals surface area contributed by atoms with Crippen molar-refractivity contribution in [3.05, 3.63) is 65.9 Å². The topological polar surface area (TPSA) is 108 Å². The highest BCUT2D eigenvalue weighted by molar-refractivity contribution is 7.89. The molecule has 4 N–H and O–H groups in total. The van der Waals surface area contributed by atoms with E-state index in [4.69, 9.17) is 0 Å². The molecule has 2 unspecified atom stereocenters. The van der Waals surface area contributed by atoms with E-state index in [2.05, 4.69) is 27.5 Å². The molecule has 1 aromatic carbocycles. The number of fused-ring (bicyclic) bond motifs is 1. The number of hydrogen-bond donors (Lipinski definition) is 4. The van der Waals surface area contributed by atoms with E-state index in [-0.39, 0.29) is 17.5 Å². The highest BCUT2D eigenvalue weighted by Crippen LogP contribution is 2.20. The number of dihydropyridines is 1. The fourth-order valence-electron chi connectivity index (χ4n) is 3.72. The molecule has 0 radical (unpaired) electrons. The summed E-state index contributed by atoms with van der Waals surface area (Å²) in [5, 5.41) is 16.4. The fourth-order valence-corrected chi connectivity index (χ4v) is 4.94. The zero-order chi connectivity index (χ0) is 22.1. The Morgan fingerprint density at radius 1 is 1.19 bits per heavy atom. The van der Waals surface area contributed by atoms with E-state index in [9.17, 15) is 18.3 Å². The Bertz CT molecular complexity index is 939. The molecule has 3 rings (SSSR count). The second-order valence-corrected chi connectivity index (χ2v) is 9.56. The largest absolute Gasteiger partial charge is 0.480 e.